The second kappa shape index (κ2) is 4.40. The zero-order chi connectivity index (χ0) is 9.84. The molecule has 0 fully saturated rings. The van der Waals surface area contributed by atoms with Gasteiger partial charge in [0.2, 0.25) is 0 Å². The van der Waals surface area contributed by atoms with E-state index in [4.69, 9.17) is 11.6 Å². The molecule has 1 atom stereocenters. The Morgan fingerprint density at radius 1 is 1.62 bits per heavy atom. The standard InChI is InChI=1S/C10H10ClFO/c1-2-4-9(13)10-7(11)5-3-6-8(10)12/h2-3,5-6,9,13H,1,4H2. The van der Waals surface area contributed by atoms with E-state index in [-0.39, 0.29) is 10.6 Å². The van der Waals surface area contributed by atoms with Crippen LogP contribution in [0.15, 0.2) is 30.9 Å². The number of aliphatic hydroxyl groups excluding tert-OH is 1. The van der Waals surface area contributed by atoms with Gasteiger partial charge in [-0.1, -0.05) is 23.7 Å². The second-order valence-electron chi connectivity index (χ2n) is 2.68. The maximum absolute atomic E-state index is 13.1. The first-order chi connectivity index (χ1) is 6.16. The third kappa shape index (κ3) is 2.29. The average Bonchev–Trinajstić information content (AvgIpc) is 2.04. The molecular weight excluding hydrogens is 191 g/mol. The predicted molar refractivity (Wildman–Crippen MR) is 51.2 cm³/mol. The van der Waals surface area contributed by atoms with Crippen LogP contribution in [0.1, 0.15) is 18.1 Å². The van der Waals surface area contributed by atoms with Gasteiger partial charge in [0, 0.05) is 10.6 Å². The Hall–Kier alpha value is -0.860. The summed E-state index contributed by atoms with van der Waals surface area (Å²) < 4.78 is 13.1. The maximum atomic E-state index is 13.1. The lowest BCUT2D eigenvalue weighted by Gasteiger charge is -2.10. The SMILES string of the molecule is C=CCC(O)c1c(F)cccc1Cl. The summed E-state index contributed by atoms with van der Waals surface area (Å²) in [5.74, 6) is -0.484. The Labute approximate surface area is 81.5 Å². The number of benzene rings is 1. The molecule has 0 radical (unpaired) electrons. The van der Waals surface area contributed by atoms with Gasteiger partial charge in [0.25, 0.3) is 0 Å². The van der Waals surface area contributed by atoms with Crippen LogP contribution in [0.25, 0.3) is 0 Å². The predicted octanol–water partition coefficient (Wildman–Crippen LogP) is 3.09. The summed E-state index contributed by atoms with van der Waals surface area (Å²) in [6, 6.07) is 4.32. The smallest absolute Gasteiger partial charge is 0.130 e. The van der Waals surface area contributed by atoms with E-state index < -0.39 is 11.9 Å². The minimum absolute atomic E-state index is 0.143. The van der Waals surface area contributed by atoms with E-state index in [9.17, 15) is 9.50 Å². The summed E-state index contributed by atoms with van der Waals surface area (Å²) in [5, 5.41) is 9.73. The fraction of sp³-hybridized carbons (Fsp3) is 0.200. The zero-order valence-corrected chi connectivity index (χ0v) is 7.76. The molecule has 0 bridgehead atoms. The van der Waals surface area contributed by atoms with E-state index >= 15 is 0 Å². The maximum Gasteiger partial charge on any atom is 0.130 e. The Kier molecular flexibility index (Phi) is 3.46. The van der Waals surface area contributed by atoms with Crippen molar-refractivity contribution in [1.82, 2.24) is 0 Å². The third-order valence-electron chi connectivity index (χ3n) is 1.72. The molecule has 1 aromatic rings. The molecule has 1 unspecified atom stereocenters. The van der Waals surface area contributed by atoms with Gasteiger partial charge < -0.3 is 5.11 Å². The number of halogens is 2. The monoisotopic (exact) mass is 200 g/mol. The lowest BCUT2D eigenvalue weighted by molar-refractivity contribution is 0.177. The van der Waals surface area contributed by atoms with E-state index in [0.29, 0.717) is 6.42 Å². The molecule has 0 spiro atoms. The van der Waals surface area contributed by atoms with Crippen molar-refractivity contribution in [3.8, 4) is 0 Å². The van der Waals surface area contributed by atoms with Crippen molar-refractivity contribution in [2.45, 2.75) is 12.5 Å². The van der Waals surface area contributed by atoms with Crippen molar-refractivity contribution < 1.29 is 9.50 Å². The summed E-state index contributed by atoms with van der Waals surface area (Å²) in [7, 11) is 0. The van der Waals surface area contributed by atoms with Crippen LogP contribution in [0, 0.1) is 5.82 Å². The molecule has 1 rings (SSSR count). The number of aliphatic hydroxyl groups is 1. The van der Waals surface area contributed by atoms with Gasteiger partial charge in [0.15, 0.2) is 0 Å². The lowest BCUT2D eigenvalue weighted by atomic mass is 10.1. The van der Waals surface area contributed by atoms with Crippen LogP contribution >= 0.6 is 11.6 Å². The van der Waals surface area contributed by atoms with E-state index in [1.54, 1.807) is 6.07 Å². The van der Waals surface area contributed by atoms with Crippen LogP contribution in [0.3, 0.4) is 0 Å². The summed E-state index contributed by atoms with van der Waals surface area (Å²) in [6.07, 6.45) is 0.903. The topological polar surface area (TPSA) is 20.2 Å². The minimum Gasteiger partial charge on any atom is -0.388 e. The first-order valence-electron chi connectivity index (χ1n) is 3.89. The van der Waals surface area contributed by atoms with Gasteiger partial charge in [0.1, 0.15) is 5.82 Å². The number of rotatable bonds is 3. The molecule has 1 N–H and O–H groups in total. The molecule has 3 heteroatoms. The fourth-order valence-corrected chi connectivity index (χ4v) is 1.39. The van der Waals surface area contributed by atoms with Gasteiger partial charge in [-0.15, -0.1) is 6.58 Å². The summed E-state index contributed by atoms with van der Waals surface area (Å²) in [4.78, 5) is 0. The molecule has 0 aliphatic carbocycles. The summed E-state index contributed by atoms with van der Waals surface area (Å²) in [5.41, 5.74) is 0.143. The molecule has 0 amide bonds. The molecular formula is C10H10ClFO. The van der Waals surface area contributed by atoms with Crippen LogP contribution in [0.2, 0.25) is 5.02 Å². The van der Waals surface area contributed by atoms with E-state index in [0.717, 1.165) is 0 Å². The van der Waals surface area contributed by atoms with Crippen molar-refractivity contribution in [2.75, 3.05) is 0 Å². The van der Waals surface area contributed by atoms with Gasteiger partial charge >= 0.3 is 0 Å². The van der Waals surface area contributed by atoms with Gasteiger partial charge in [-0.05, 0) is 18.6 Å². The van der Waals surface area contributed by atoms with Crippen molar-refractivity contribution in [2.24, 2.45) is 0 Å². The molecule has 0 aliphatic rings. The molecule has 0 aromatic heterocycles. The highest BCUT2D eigenvalue weighted by Crippen LogP contribution is 2.27. The number of hydrogen-bond acceptors (Lipinski definition) is 1. The van der Waals surface area contributed by atoms with Gasteiger partial charge in [0.05, 0.1) is 6.10 Å². The molecule has 1 nitrogen and oxygen atoms in total. The van der Waals surface area contributed by atoms with Crippen LogP contribution in [0.5, 0.6) is 0 Å². The Balaban J connectivity index is 3.04. The van der Waals surface area contributed by atoms with Crippen molar-refractivity contribution in [3.63, 3.8) is 0 Å². The normalized spacial score (nSPS) is 12.5. The molecule has 0 saturated carbocycles. The van der Waals surface area contributed by atoms with E-state index in [2.05, 4.69) is 6.58 Å². The Bertz CT molecular complexity index is 292. The average molecular weight is 201 g/mol. The molecule has 1 aromatic carbocycles. The van der Waals surface area contributed by atoms with Crippen LogP contribution < -0.4 is 0 Å². The second-order valence-corrected chi connectivity index (χ2v) is 3.08. The van der Waals surface area contributed by atoms with Crippen molar-refractivity contribution >= 4 is 11.6 Å². The highest BCUT2D eigenvalue weighted by molar-refractivity contribution is 6.31. The summed E-state index contributed by atoms with van der Waals surface area (Å²) in [6.45, 7) is 3.46. The third-order valence-corrected chi connectivity index (χ3v) is 2.05. The van der Waals surface area contributed by atoms with Crippen LogP contribution in [-0.4, -0.2) is 5.11 Å². The Morgan fingerprint density at radius 3 is 2.85 bits per heavy atom. The number of hydrogen-bond donors (Lipinski definition) is 1. The van der Waals surface area contributed by atoms with Gasteiger partial charge in [-0.3, -0.25) is 0 Å². The molecule has 0 saturated heterocycles. The van der Waals surface area contributed by atoms with Crippen LogP contribution in [-0.2, 0) is 0 Å². The van der Waals surface area contributed by atoms with Crippen LogP contribution in [0.4, 0.5) is 4.39 Å². The molecule has 0 aliphatic heterocycles. The van der Waals surface area contributed by atoms with Gasteiger partial charge in [-0.2, -0.15) is 0 Å². The highest BCUT2D eigenvalue weighted by Gasteiger charge is 2.14. The fourth-order valence-electron chi connectivity index (χ4n) is 1.10. The largest absolute Gasteiger partial charge is 0.388 e. The summed E-state index contributed by atoms with van der Waals surface area (Å²) >= 11 is 5.73. The first kappa shape index (κ1) is 10.2. The van der Waals surface area contributed by atoms with E-state index in [1.807, 2.05) is 0 Å². The molecule has 13 heavy (non-hydrogen) atoms. The minimum atomic E-state index is -0.911. The molecule has 0 heterocycles. The van der Waals surface area contributed by atoms with Gasteiger partial charge in [-0.25, -0.2) is 4.39 Å². The Morgan fingerprint density at radius 2 is 2.31 bits per heavy atom. The lowest BCUT2D eigenvalue weighted by Crippen LogP contribution is -2.00. The zero-order valence-electron chi connectivity index (χ0n) is 7.00. The van der Waals surface area contributed by atoms with Crippen molar-refractivity contribution in [3.05, 3.63) is 47.3 Å². The van der Waals surface area contributed by atoms with E-state index in [1.165, 1.54) is 18.2 Å². The highest BCUT2D eigenvalue weighted by atomic mass is 35.5. The molecule has 70 valence electrons. The quantitative estimate of drug-likeness (QED) is 0.744. The van der Waals surface area contributed by atoms with Crippen molar-refractivity contribution in [1.29, 1.82) is 0 Å². The first-order valence-corrected chi connectivity index (χ1v) is 4.27.